The zero-order valence-electron chi connectivity index (χ0n) is 12.7. The third-order valence-electron chi connectivity index (χ3n) is 4.04. The van der Waals surface area contributed by atoms with E-state index >= 15 is 0 Å². The van der Waals surface area contributed by atoms with Gasteiger partial charge in [-0.3, -0.25) is 9.59 Å². The summed E-state index contributed by atoms with van der Waals surface area (Å²) in [6, 6.07) is 0. The van der Waals surface area contributed by atoms with Crippen LogP contribution in [0.3, 0.4) is 0 Å². The van der Waals surface area contributed by atoms with Gasteiger partial charge >= 0.3 is 0 Å². The van der Waals surface area contributed by atoms with Crippen molar-refractivity contribution in [3.05, 3.63) is 0 Å². The molecule has 0 bridgehead atoms. The summed E-state index contributed by atoms with van der Waals surface area (Å²) in [7, 11) is 0. The van der Waals surface area contributed by atoms with Crippen LogP contribution >= 0.6 is 0 Å². The highest BCUT2D eigenvalue weighted by Crippen LogP contribution is 2.17. The molecule has 1 heterocycles. The minimum atomic E-state index is -0.0796. The topological polar surface area (TPSA) is 69.6 Å². The van der Waals surface area contributed by atoms with Crippen molar-refractivity contribution in [2.24, 2.45) is 11.8 Å². The minimum absolute atomic E-state index is 0.0478. The van der Waals surface area contributed by atoms with Crippen molar-refractivity contribution in [3.63, 3.8) is 0 Å². The van der Waals surface area contributed by atoms with Crippen LogP contribution in [-0.2, 0) is 9.59 Å². The fourth-order valence-corrected chi connectivity index (χ4v) is 2.81. The third-order valence-corrected chi connectivity index (χ3v) is 4.04. The number of piperidine rings is 1. The lowest BCUT2D eigenvalue weighted by Gasteiger charge is -2.31. The van der Waals surface area contributed by atoms with Crippen LogP contribution in [0.5, 0.6) is 0 Å². The second-order valence-electron chi connectivity index (χ2n) is 5.72. The number of carbonyl (C=O) groups excluding carboxylic acids is 2. The fourth-order valence-electron chi connectivity index (χ4n) is 2.81. The van der Waals surface area contributed by atoms with Gasteiger partial charge in [-0.1, -0.05) is 13.3 Å². The molecular formula is C15H28N2O3. The Morgan fingerprint density at radius 2 is 2.15 bits per heavy atom. The first kappa shape index (κ1) is 17.0. The first-order chi connectivity index (χ1) is 9.58. The van der Waals surface area contributed by atoms with Crippen LogP contribution in [0.25, 0.3) is 0 Å². The number of rotatable bonds is 7. The molecule has 0 aliphatic carbocycles. The Morgan fingerprint density at radius 3 is 2.75 bits per heavy atom. The first-order valence-corrected chi connectivity index (χ1v) is 7.72. The lowest BCUT2D eigenvalue weighted by atomic mass is 9.96. The van der Waals surface area contributed by atoms with Gasteiger partial charge in [0.15, 0.2) is 0 Å². The van der Waals surface area contributed by atoms with Crippen LogP contribution in [0.1, 0.15) is 46.0 Å². The molecule has 116 valence electrons. The van der Waals surface area contributed by atoms with Crippen LogP contribution in [0.4, 0.5) is 0 Å². The molecule has 1 aliphatic rings. The molecule has 2 unspecified atom stereocenters. The van der Waals surface area contributed by atoms with Gasteiger partial charge in [-0.15, -0.1) is 0 Å². The average Bonchev–Trinajstić information content (AvgIpc) is 2.45. The number of aliphatic hydroxyl groups excluding tert-OH is 1. The molecule has 0 aromatic rings. The minimum Gasteiger partial charge on any atom is -0.396 e. The van der Waals surface area contributed by atoms with E-state index in [9.17, 15) is 9.59 Å². The van der Waals surface area contributed by atoms with Gasteiger partial charge in [0.2, 0.25) is 11.8 Å². The van der Waals surface area contributed by atoms with Gasteiger partial charge in [-0.25, -0.2) is 0 Å². The lowest BCUT2D eigenvalue weighted by Crippen LogP contribution is -2.45. The van der Waals surface area contributed by atoms with Gasteiger partial charge in [-0.2, -0.15) is 0 Å². The van der Waals surface area contributed by atoms with Crippen molar-refractivity contribution >= 4 is 11.8 Å². The first-order valence-electron chi connectivity index (χ1n) is 7.72. The number of hydrogen-bond acceptors (Lipinski definition) is 3. The van der Waals surface area contributed by atoms with Gasteiger partial charge in [-0.05, 0) is 31.6 Å². The van der Waals surface area contributed by atoms with Crippen molar-refractivity contribution in [2.45, 2.75) is 46.0 Å². The summed E-state index contributed by atoms with van der Waals surface area (Å²) in [6.45, 7) is 5.77. The van der Waals surface area contributed by atoms with Crippen molar-refractivity contribution in [3.8, 4) is 0 Å². The van der Waals surface area contributed by atoms with E-state index in [0.717, 1.165) is 38.6 Å². The van der Waals surface area contributed by atoms with E-state index in [1.807, 2.05) is 0 Å². The second kappa shape index (κ2) is 8.95. The van der Waals surface area contributed by atoms with E-state index in [-0.39, 0.29) is 24.3 Å². The summed E-state index contributed by atoms with van der Waals surface area (Å²) in [5.74, 6) is 0.368. The SMILES string of the molecule is CCCC(CCO)CNC(=O)C1CCCN(C(C)=O)C1. The fraction of sp³-hybridized carbons (Fsp3) is 0.867. The zero-order valence-corrected chi connectivity index (χ0v) is 12.7. The molecule has 0 radical (unpaired) electrons. The molecule has 5 heteroatoms. The number of nitrogens with zero attached hydrogens (tertiary/aromatic N) is 1. The van der Waals surface area contributed by atoms with Crippen LogP contribution in [-0.4, -0.2) is 48.1 Å². The zero-order chi connectivity index (χ0) is 15.0. The molecule has 0 aromatic carbocycles. The number of carbonyl (C=O) groups is 2. The Bertz CT molecular complexity index is 314. The Kier molecular flexibility index (Phi) is 7.59. The summed E-state index contributed by atoms with van der Waals surface area (Å²) >= 11 is 0. The normalized spacial score (nSPS) is 20.6. The number of amides is 2. The van der Waals surface area contributed by atoms with Crippen molar-refractivity contribution in [1.29, 1.82) is 0 Å². The van der Waals surface area contributed by atoms with E-state index < -0.39 is 0 Å². The summed E-state index contributed by atoms with van der Waals surface area (Å²) in [5.41, 5.74) is 0. The summed E-state index contributed by atoms with van der Waals surface area (Å²) in [5, 5.41) is 12.0. The Labute approximate surface area is 121 Å². The highest BCUT2D eigenvalue weighted by Gasteiger charge is 2.27. The maximum atomic E-state index is 12.2. The number of hydrogen-bond donors (Lipinski definition) is 2. The van der Waals surface area contributed by atoms with E-state index in [4.69, 9.17) is 5.11 Å². The molecule has 1 rings (SSSR count). The van der Waals surface area contributed by atoms with Gasteiger partial charge in [0.05, 0.1) is 5.92 Å². The van der Waals surface area contributed by atoms with E-state index in [1.165, 1.54) is 0 Å². The Morgan fingerprint density at radius 1 is 1.40 bits per heavy atom. The highest BCUT2D eigenvalue weighted by molar-refractivity contribution is 5.80. The van der Waals surface area contributed by atoms with E-state index in [0.29, 0.717) is 19.0 Å². The van der Waals surface area contributed by atoms with Crippen molar-refractivity contribution < 1.29 is 14.7 Å². The Balaban J connectivity index is 2.39. The molecule has 5 nitrogen and oxygen atoms in total. The van der Waals surface area contributed by atoms with E-state index in [1.54, 1.807) is 11.8 Å². The average molecular weight is 284 g/mol. The lowest BCUT2D eigenvalue weighted by molar-refractivity contribution is -0.134. The van der Waals surface area contributed by atoms with Gasteiger partial charge in [0, 0.05) is 33.2 Å². The molecule has 20 heavy (non-hydrogen) atoms. The van der Waals surface area contributed by atoms with Crippen LogP contribution < -0.4 is 5.32 Å². The standard InChI is InChI=1S/C15H28N2O3/c1-3-5-13(7-9-18)10-16-15(20)14-6-4-8-17(11-14)12(2)19/h13-14,18H,3-11H2,1-2H3,(H,16,20). The van der Waals surface area contributed by atoms with Gasteiger partial charge in [0.1, 0.15) is 0 Å². The molecule has 1 fully saturated rings. The van der Waals surface area contributed by atoms with Gasteiger partial charge in [0.25, 0.3) is 0 Å². The predicted molar refractivity (Wildman–Crippen MR) is 78.1 cm³/mol. The molecule has 2 N–H and O–H groups in total. The molecule has 1 saturated heterocycles. The molecule has 2 amide bonds. The molecule has 0 aromatic heterocycles. The molecule has 1 aliphatic heterocycles. The van der Waals surface area contributed by atoms with E-state index in [2.05, 4.69) is 12.2 Å². The molecular weight excluding hydrogens is 256 g/mol. The monoisotopic (exact) mass is 284 g/mol. The molecule has 0 spiro atoms. The largest absolute Gasteiger partial charge is 0.396 e. The quantitative estimate of drug-likeness (QED) is 0.737. The van der Waals surface area contributed by atoms with Crippen molar-refractivity contribution in [2.75, 3.05) is 26.2 Å². The molecule has 0 saturated carbocycles. The summed E-state index contributed by atoms with van der Waals surface area (Å²) in [6.07, 6.45) is 4.56. The van der Waals surface area contributed by atoms with Crippen molar-refractivity contribution in [1.82, 2.24) is 10.2 Å². The van der Waals surface area contributed by atoms with Crippen LogP contribution in [0, 0.1) is 11.8 Å². The summed E-state index contributed by atoms with van der Waals surface area (Å²) in [4.78, 5) is 25.3. The maximum absolute atomic E-state index is 12.2. The smallest absolute Gasteiger partial charge is 0.224 e. The maximum Gasteiger partial charge on any atom is 0.224 e. The van der Waals surface area contributed by atoms with Gasteiger partial charge < -0.3 is 15.3 Å². The summed E-state index contributed by atoms with van der Waals surface area (Å²) < 4.78 is 0. The molecule has 2 atom stereocenters. The number of nitrogens with one attached hydrogen (secondary N) is 1. The predicted octanol–water partition coefficient (Wildman–Crippen LogP) is 1.16. The number of likely N-dealkylation sites (tertiary alicyclic amines) is 1. The Hall–Kier alpha value is -1.10. The van der Waals surface area contributed by atoms with Crippen LogP contribution in [0.15, 0.2) is 0 Å². The highest BCUT2D eigenvalue weighted by atomic mass is 16.3. The number of aliphatic hydroxyl groups is 1. The third kappa shape index (κ3) is 5.49. The second-order valence-corrected chi connectivity index (χ2v) is 5.72. The van der Waals surface area contributed by atoms with Crippen LogP contribution in [0.2, 0.25) is 0 Å².